The van der Waals surface area contributed by atoms with Gasteiger partial charge in [-0.1, -0.05) is 24.2 Å². The number of hydrogen-bond donors (Lipinski definition) is 2. The highest BCUT2D eigenvalue weighted by molar-refractivity contribution is 5.79. The van der Waals surface area contributed by atoms with Crippen molar-refractivity contribution in [3.63, 3.8) is 0 Å². The Morgan fingerprint density at radius 3 is 2.59 bits per heavy atom. The highest BCUT2D eigenvalue weighted by Gasteiger charge is 2.07. The Hall–Kier alpha value is -2.45. The predicted molar refractivity (Wildman–Crippen MR) is 116 cm³/mol. The number of ether oxygens (including phenoxy) is 1. The molecule has 160 valence electrons. The van der Waals surface area contributed by atoms with E-state index in [1.807, 2.05) is 19.1 Å². The third kappa shape index (κ3) is 8.21. The molecule has 0 spiro atoms. The average Bonchev–Trinajstić information content (AvgIpc) is 3.22. The van der Waals surface area contributed by atoms with Crippen LogP contribution in [0, 0.1) is 0 Å². The first kappa shape index (κ1) is 22.8. The van der Waals surface area contributed by atoms with E-state index in [0.717, 1.165) is 69.4 Å². The van der Waals surface area contributed by atoms with Crippen molar-refractivity contribution in [3.05, 3.63) is 35.7 Å². The lowest BCUT2D eigenvalue weighted by molar-refractivity contribution is 0.180. The van der Waals surface area contributed by atoms with Crippen LogP contribution in [0.5, 0.6) is 0 Å². The van der Waals surface area contributed by atoms with E-state index >= 15 is 0 Å². The van der Waals surface area contributed by atoms with Crippen LogP contribution >= 0.6 is 0 Å². The maximum atomic E-state index is 5.28. The molecule has 0 atom stereocenters. The van der Waals surface area contributed by atoms with Gasteiger partial charge in [-0.2, -0.15) is 4.98 Å². The lowest BCUT2D eigenvalue weighted by atomic mass is 10.1. The van der Waals surface area contributed by atoms with Gasteiger partial charge in [-0.25, -0.2) is 0 Å². The summed E-state index contributed by atoms with van der Waals surface area (Å²) in [5.41, 5.74) is 2.19. The minimum Gasteiger partial charge on any atom is -0.385 e. The Bertz CT molecular complexity index is 729. The second kappa shape index (κ2) is 12.9. The predicted octanol–water partition coefficient (Wildman–Crippen LogP) is 1.97. The summed E-state index contributed by atoms with van der Waals surface area (Å²) in [6.45, 7) is 6.46. The van der Waals surface area contributed by atoms with Gasteiger partial charge < -0.3 is 24.8 Å². The number of guanidine groups is 1. The first-order valence-electron chi connectivity index (χ1n) is 10.2. The number of methoxy groups -OCH3 is 1. The average molecular weight is 403 g/mol. The quantitative estimate of drug-likeness (QED) is 0.319. The normalized spacial score (nSPS) is 11.8. The largest absolute Gasteiger partial charge is 0.385 e. The van der Waals surface area contributed by atoms with E-state index in [1.54, 1.807) is 14.2 Å². The Morgan fingerprint density at radius 2 is 1.93 bits per heavy atom. The number of aromatic nitrogens is 2. The van der Waals surface area contributed by atoms with Gasteiger partial charge in [0.15, 0.2) is 11.8 Å². The molecule has 0 radical (unpaired) electrons. The fraction of sp³-hybridized carbons (Fsp3) is 0.571. The van der Waals surface area contributed by atoms with E-state index in [1.165, 1.54) is 5.56 Å². The Morgan fingerprint density at radius 1 is 1.17 bits per heavy atom. The first-order chi connectivity index (χ1) is 14.2. The molecular formula is C21H34N6O2. The first-order valence-corrected chi connectivity index (χ1v) is 10.2. The zero-order chi connectivity index (χ0) is 20.9. The van der Waals surface area contributed by atoms with Crippen LogP contribution in [0.2, 0.25) is 0 Å². The Kier molecular flexibility index (Phi) is 10.2. The number of hydrogen-bond acceptors (Lipinski definition) is 6. The molecule has 0 saturated heterocycles. The zero-order valence-electron chi connectivity index (χ0n) is 18.1. The molecule has 0 aliphatic rings. The van der Waals surface area contributed by atoms with Crippen LogP contribution in [0.4, 0.5) is 0 Å². The molecule has 2 rings (SSSR count). The molecule has 0 aliphatic heterocycles. The Labute approximate surface area is 173 Å². The number of nitrogens with zero attached hydrogens (tertiary/aromatic N) is 4. The number of aryl methyl sites for hydroxylation is 1. The highest BCUT2D eigenvalue weighted by atomic mass is 16.5. The third-order valence-corrected chi connectivity index (χ3v) is 4.59. The van der Waals surface area contributed by atoms with Crippen molar-refractivity contribution in [2.24, 2.45) is 4.99 Å². The standard InChI is InChI=1S/C21H34N6O2/c1-5-19-25-20(29-26-19)18-9-7-17(8-10-18)11-12-23-21(22-2)24-13-15-27(3)14-6-16-28-4/h7-10H,5-6,11-16H2,1-4H3,(H2,22,23,24). The lowest BCUT2D eigenvalue weighted by Gasteiger charge is -2.18. The van der Waals surface area contributed by atoms with Crippen molar-refractivity contribution in [1.29, 1.82) is 0 Å². The maximum absolute atomic E-state index is 5.28. The summed E-state index contributed by atoms with van der Waals surface area (Å²) < 4.78 is 10.4. The number of aliphatic imine (C=N–C) groups is 1. The van der Waals surface area contributed by atoms with Crippen LogP contribution in [-0.4, -0.2) is 75.0 Å². The molecule has 29 heavy (non-hydrogen) atoms. The summed E-state index contributed by atoms with van der Waals surface area (Å²) in [6.07, 6.45) is 2.72. The van der Waals surface area contributed by atoms with Gasteiger partial charge in [0.25, 0.3) is 5.89 Å². The zero-order valence-corrected chi connectivity index (χ0v) is 18.1. The van der Waals surface area contributed by atoms with Gasteiger partial charge in [0.05, 0.1) is 0 Å². The maximum Gasteiger partial charge on any atom is 0.257 e. The minimum absolute atomic E-state index is 0.573. The van der Waals surface area contributed by atoms with Gasteiger partial charge in [0.1, 0.15) is 0 Å². The molecular weight excluding hydrogens is 368 g/mol. The third-order valence-electron chi connectivity index (χ3n) is 4.59. The van der Waals surface area contributed by atoms with Gasteiger partial charge in [-0.05, 0) is 37.6 Å². The summed E-state index contributed by atoms with van der Waals surface area (Å²) >= 11 is 0. The summed E-state index contributed by atoms with van der Waals surface area (Å²) in [7, 11) is 5.65. The van der Waals surface area contributed by atoms with E-state index in [9.17, 15) is 0 Å². The van der Waals surface area contributed by atoms with Crippen LogP contribution in [0.25, 0.3) is 11.5 Å². The number of rotatable bonds is 12. The van der Waals surface area contributed by atoms with E-state index in [4.69, 9.17) is 9.26 Å². The summed E-state index contributed by atoms with van der Waals surface area (Å²) in [6, 6.07) is 8.24. The highest BCUT2D eigenvalue weighted by Crippen LogP contribution is 2.18. The van der Waals surface area contributed by atoms with E-state index in [-0.39, 0.29) is 0 Å². The van der Waals surface area contributed by atoms with Crippen molar-refractivity contribution >= 4 is 5.96 Å². The number of likely N-dealkylation sites (N-methyl/N-ethyl adjacent to an activating group) is 1. The van der Waals surface area contributed by atoms with Crippen LogP contribution in [0.1, 0.15) is 24.7 Å². The minimum atomic E-state index is 0.573. The molecule has 2 aromatic rings. The van der Waals surface area contributed by atoms with Gasteiger partial charge >= 0.3 is 0 Å². The summed E-state index contributed by atoms with van der Waals surface area (Å²) in [5, 5.41) is 10.7. The molecule has 1 aromatic carbocycles. The van der Waals surface area contributed by atoms with Crippen molar-refractivity contribution in [2.45, 2.75) is 26.2 Å². The topological polar surface area (TPSA) is 87.8 Å². The van der Waals surface area contributed by atoms with Gasteiger partial charge in [-0.3, -0.25) is 4.99 Å². The molecule has 0 amide bonds. The molecule has 2 N–H and O–H groups in total. The van der Waals surface area contributed by atoms with Crippen LogP contribution in [-0.2, 0) is 17.6 Å². The molecule has 0 bridgehead atoms. The fourth-order valence-corrected chi connectivity index (χ4v) is 2.83. The molecule has 0 aliphatic carbocycles. The van der Waals surface area contributed by atoms with Gasteiger partial charge in [0.2, 0.25) is 0 Å². The van der Waals surface area contributed by atoms with Crippen LogP contribution < -0.4 is 10.6 Å². The smallest absolute Gasteiger partial charge is 0.257 e. The molecule has 8 heteroatoms. The number of benzene rings is 1. The molecule has 0 fully saturated rings. The van der Waals surface area contributed by atoms with Crippen LogP contribution in [0.15, 0.2) is 33.8 Å². The van der Waals surface area contributed by atoms with E-state index in [0.29, 0.717) is 5.89 Å². The molecule has 8 nitrogen and oxygen atoms in total. The molecule has 0 unspecified atom stereocenters. The summed E-state index contributed by atoms with van der Waals surface area (Å²) in [4.78, 5) is 10.9. The van der Waals surface area contributed by atoms with Crippen molar-refractivity contribution in [3.8, 4) is 11.5 Å². The van der Waals surface area contributed by atoms with Crippen molar-refractivity contribution in [1.82, 2.24) is 25.7 Å². The second-order valence-corrected chi connectivity index (χ2v) is 6.89. The molecule has 1 heterocycles. The Balaban J connectivity index is 1.68. The van der Waals surface area contributed by atoms with Gasteiger partial charge in [0, 0.05) is 58.9 Å². The van der Waals surface area contributed by atoms with Crippen LogP contribution in [0.3, 0.4) is 0 Å². The van der Waals surface area contributed by atoms with E-state index in [2.05, 4.69) is 49.8 Å². The lowest BCUT2D eigenvalue weighted by Crippen LogP contribution is -2.41. The van der Waals surface area contributed by atoms with E-state index < -0.39 is 0 Å². The second-order valence-electron chi connectivity index (χ2n) is 6.89. The summed E-state index contributed by atoms with van der Waals surface area (Å²) in [5.74, 6) is 2.13. The van der Waals surface area contributed by atoms with Crippen molar-refractivity contribution in [2.75, 3.05) is 54.0 Å². The number of nitrogens with one attached hydrogen (secondary N) is 2. The fourth-order valence-electron chi connectivity index (χ4n) is 2.83. The monoisotopic (exact) mass is 402 g/mol. The molecule has 1 aromatic heterocycles. The van der Waals surface area contributed by atoms with Crippen molar-refractivity contribution < 1.29 is 9.26 Å². The molecule has 0 saturated carbocycles. The SMILES string of the molecule is CCc1noc(-c2ccc(CCNC(=NC)NCCN(C)CCCOC)cc2)n1. The van der Waals surface area contributed by atoms with Gasteiger partial charge in [-0.15, -0.1) is 0 Å².